The Labute approximate surface area is 149 Å². The number of guanidine groups is 1. The zero-order chi connectivity index (χ0) is 17.7. The largest absolute Gasteiger partial charge is 0.497 e. The van der Waals surface area contributed by atoms with Gasteiger partial charge in [-0.05, 0) is 43.7 Å². The maximum atomic E-state index is 5.70. The topological polar surface area (TPSA) is 72.7 Å². The molecule has 0 bridgehead atoms. The van der Waals surface area contributed by atoms with Crippen LogP contribution in [0.25, 0.3) is 0 Å². The summed E-state index contributed by atoms with van der Waals surface area (Å²) in [4.78, 5) is 4.56. The van der Waals surface area contributed by atoms with Crippen molar-refractivity contribution >= 4 is 5.96 Å². The molecule has 2 aromatic rings. The maximum absolute atomic E-state index is 5.70. The van der Waals surface area contributed by atoms with Crippen LogP contribution in [0.4, 0.5) is 0 Å². The van der Waals surface area contributed by atoms with Crippen molar-refractivity contribution in [2.24, 2.45) is 4.99 Å². The number of ether oxygens (including phenoxy) is 2. The van der Waals surface area contributed by atoms with Gasteiger partial charge in [0.15, 0.2) is 5.96 Å². The lowest BCUT2D eigenvalue weighted by Crippen LogP contribution is -2.39. The molecular weight excluding hydrogens is 318 g/mol. The fourth-order valence-electron chi connectivity index (χ4n) is 2.21. The first-order valence-electron chi connectivity index (χ1n) is 8.58. The number of hydrogen-bond donors (Lipinski definition) is 2. The molecule has 0 saturated heterocycles. The third-order valence-electron chi connectivity index (χ3n) is 3.44. The molecule has 0 radical (unpaired) electrons. The third-order valence-corrected chi connectivity index (χ3v) is 3.44. The number of aromatic nitrogens is 2. The average Bonchev–Trinajstić information content (AvgIpc) is 3.16. The maximum Gasteiger partial charge on any atom is 0.191 e. The fourth-order valence-corrected chi connectivity index (χ4v) is 2.21. The van der Waals surface area contributed by atoms with Gasteiger partial charge in [-0.3, -0.25) is 9.67 Å². The second-order valence-electron chi connectivity index (χ2n) is 5.33. The number of hydrogen-bond acceptors (Lipinski definition) is 4. The quantitative estimate of drug-likeness (QED) is 0.391. The first kappa shape index (κ1) is 18.6. The van der Waals surface area contributed by atoms with Crippen molar-refractivity contribution < 1.29 is 9.47 Å². The summed E-state index contributed by atoms with van der Waals surface area (Å²) < 4.78 is 12.7. The summed E-state index contributed by atoms with van der Waals surface area (Å²) in [6.45, 7) is 5.73. The third kappa shape index (κ3) is 7.15. The zero-order valence-corrected chi connectivity index (χ0v) is 14.9. The van der Waals surface area contributed by atoms with Crippen LogP contribution in [0.5, 0.6) is 11.5 Å². The highest BCUT2D eigenvalue weighted by atomic mass is 16.5. The summed E-state index contributed by atoms with van der Waals surface area (Å²) in [6, 6.07) is 9.49. The Bertz CT molecular complexity index is 611. The minimum absolute atomic E-state index is 0.560. The first-order valence-corrected chi connectivity index (χ1v) is 8.58. The Hall–Kier alpha value is -2.70. The fraction of sp³-hybridized carbons (Fsp3) is 0.444. The van der Waals surface area contributed by atoms with Gasteiger partial charge in [-0.25, -0.2) is 0 Å². The van der Waals surface area contributed by atoms with E-state index in [9.17, 15) is 0 Å². The van der Waals surface area contributed by atoms with E-state index in [1.807, 2.05) is 41.2 Å². The molecule has 1 heterocycles. The van der Waals surface area contributed by atoms with Crippen LogP contribution in [0, 0.1) is 0 Å². The molecule has 1 aromatic carbocycles. The molecule has 0 fully saturated rings. The highest BCUT2D eigenvalue weighted by molar-refractivity contribution is 5.79. The van der Waals surface area contributed by atoms with Gasteiger partial charge in [0.05, 0.1) is 13.7 Å². The van der Waals surface area contributed by atoms with E-state index in [1.165, 1.54) is 0 Å². The van der Waals surface area contributed by atoms with Crippen LogP contribution in [0.2, 0.25) is 0 Å². The van der Waals surface area contributed by atoms with E-state index < -0.39 is 0 Å². The van der Waals surface area contributed by atoms with Crippen molar-refractivity contribution in [3.05, 3.63) is 42.7 Å². The Balaban J connectivity index is 1.66. The lowest BCUT2D eigenvalue weighted by Gasteiger charge is -2.12. The van der Waals surface area contributed by atoms with Gasteiger partial charge < -0.3 is 20.1 Å². The molecule has 0 aliphatic carbocycles. The molecule has 0 spiro atoms. The molecule has 136 valence electrons. The smallest absolute Gasteiger partial charge is 0.191 e. The summed E-state index contributed by atoms with van der Waals surface area (Å²) >= 11 is 0. The summed E-state index contributed by atoms with van der Waals surface area (Å²) in [5.74, 6) is 2.45. The van der Waals surface area contributed by atoms with Gasteiger partial charge in [-0.2, -0.15) is 5.10 Å². The molecular formula is C18H27N5O2. The standard InChI is InChI=1S/C18H27N5O2/c1-3-19-18(20-10-4-13-23-14-5-11-22-23)21-12-15-25-17-8-6-16(24-2)7-9-17/h5-9,11,14H,3-4,10,12-13,15H2,1-2H3,(H2,19,20,21). The van der Waals surface area contributed by atoms with Crippen LogP contribution in [0.1, 0.15) is 13.3 Å². The molecule has 0 atom stereocenters. The highest BCUT2D eigenvalue weighted by Crippen LogP contribution is 2.16. The van der Waals surface area contributed by atoms with Crippen molar-refractivity contribution in [2.45, 2.75) is 19.9 Å². The number of aliphatic imine (C=N–C) groups is 1. The summed E-state index contributed by atoms with van der Waals surface area (Å²) in [5.41, 5.74) is 0. The van der Waals surface area contributed by atoms with Crippen molar-refractivity contribution in [3.63, 3.8) is 0 Å². The van der Waals surface area contributed by atoms with Crippen LogP contribution in [0.15, 0.2) is 47.7 Å². The van der Waals surface area contributed by atoms with Gasteiger partial charge in [0.1, 0.15) is 18.1 Å². The van der Waals surface area contributed by atoms with E-state index in [0.29, 0.717) is 13.2 Å². The molecule has 0 unspecified atom stereocenters. The van der Waals surface area contributed by atoms with Gasteiger partial charge in [0, 0.05) is 32.0 Å². The number of aryl methyl sites for hydroxylation is 1. The second-order valence-corrected chi connectivity index (χ2v) is 5.33. The molecule has 7 heteroatoms. The van der Waals surface area contributed by atoms with Gasteiger partial charge in [0.25, 0.3) is 0 Å². The SMILES string of the molecule is CCNC(=NCCCn1cccn1)NCCOc1ccc(OC)cc1. The van der Waals surface area contributed by atoms with Gasteiger partial charge >= 0.3 is 0 Å². The summed E-state index contributed by atoms with van der Waals surface area (Å²) in [7, 11) is 1.65. The van der Waals surface area contributed by atoms with E-state index in [2.05, 4.69) is 27.6 Å². The van der Waals surface area contributed by atoms with Crippen LogP contribution < -0.4 is 20.1 Å². The molecule has 0 aliphatic heterocycles. The van der Waals surface area contributed by atoms with Crippen molar-refractivity contribution in [1.29, 1.82) is 0 Å². The minimum atomic E-state index is 0.560. The lowest BCUT2D eigenvalue weighted by molar-refractivity contribution is 0.321. The Kier molecular flexibility index (Phi) is 8.17. The molecule has 7 nitrogen and oxygen atoms in total. The Morgan fingerprint density at radius 1 is 1.20 bits per heavy atom. The average molecular weight is 345 g/mol. The van der Waals surface area contributed by atoms with Gasteiger partial charge in [-0.1, -0.05) is 0 Å². The monoisotopic (exact) mass is 345 g/mol. The van der Waals surface area contributed by atoms with Crippen LogP contribution in [0.3, 0.4) is 0 Å². The summed E-state index contributed by atoms with van der Waals surface area (Å²) in [5, 5.41) is 10.7. The van der Waals surface area contributed by atoms with Gasteiger partial charge in [-0.15, -0.1) is 0 Å². The predicted octanol–water partition coefficient (Wildman–Crippen LogP) is 1.92. The molecule has 0 aliphatic rings. The van der Waals surface area contributed by atoms with Crippen molar-refractivity contribution in [2.75, 3.05) is 33.4 Å². The van der Waals surface area contributed by atoms with E-state index >= 15 is 0 Å². The molecule has 0 amide bonds. The van der Waals surface area contributed by atoms with E-state index in [-0.39, 0.29) is 0 Å². The molecule has 2 N–H and O–H groups in total. The number of nitrogens with zero attached hydrogens (tertiary/aromatic N) is 3. The van der Waals surface area contributed by atoms with Crippen LogP contribution in [-0.4, -0.2) is 49.1 Å². The number of rotatable bonds is 10. The van der Waals surface area contributed by atoms with Crippen molar-refractivity contribution in [1.82, 2.24) is 20.4 Å². The van der Waals surface area contributed by atoms with E-state index in [1.54, 1.807) is 13.3 Å². The van der Waals surface area contributed by atoms with Crippen LogP contribution >= 0.6 is 0 Å². The van der Waals surface area contributed by atoms with Gasteiger partial charge in [0.2, 0.25) is 0 Å². The molecule has 0 saturated carbocycles. The van der Waals surface area contributed by atoms with Crippen LogP contribution in [-0.2, 0) is 6.54 Å². The van der Waals surface area contributed by atoms with E-state index in [0.717, 1.165) is 43.5 Å². The number of methoxy groups -OCH3 is 1. The number of benzene rings is 1. The summed E-state index contributed by atoms with van der Waals surface area (Å²) in [6.07, 6.45) is 4.70. The van der Waals surface area contributed by atoms with Crippen molar-refractivity contribution in [3.8, 4) is 11.5 Å². The minimum Gasteiger partial charge on any atom is -0.497 e. The first-order chi connectivity index (χ1) is 12.3. The second kappa shape index (κ2) is 11.0. The Morgan fingerprint density at radius 2 is 2.00 bits per heavy atom. The predicted molar refractivity (Wildman–Crippen MR) is 99.3 cm³/mol. The highest BCUT2D eigenvalue weighted by Gasteiger charge is 1.99. The molecule has 1 aromatic heterocycles. The van der Waals surface area contributed by atoms with E-state index in [4.69, 9.17) is 9.47 Å². The zero-order valence-electron chi connectivity index (χ0n) is 14.9. The Morgan fingerprint density at radius 3 is 2.68 bits per heavy atom. The molecule has 25 heavy (non-hydrogen) atoms. The number of nitrogens with one attached hydrogen (secondary N) is 2. The normalized spacial score (nSPS) is 11.2. The molecule has 2 rings (SSSR count). The lowest BCUT2D eigenvalue weighted by atomic mass is 10.3.